The van der Waals surface area contributed by atoms with Crippen LogP contribution in [0.4, 0.5) is 0 Å². The van der Waals surface area contributed by atoms with Gasteiger partial charge in [0, 0.05) is 5.41 Å². The van der Waals surface area contributed by atoms with E-state index in [-0.39, 0.29) is 11.4 Å². The van der Waals surface area contributed by atoms with Crippen molar-refractivity contribution < 1.29 is 9.53 Å². The molecule has 1 N–H and O–H groups in total. The van der Waals surface area contributed by atoms with Crippen LogP contribution >= 0.6 is 0 Å². The molecule has 0 aromatic heterocycles. The molecule has 0 saturated carbocycles. The fourth-order valence-corrected chi connectivity index (χ4v) is 2.07. The molecular formula is C14H19NO2. The summed E-state index contributed by atoms with van der Waals surface area (Å²) in [6, 6.07) is 9.16. The SMILES string of the molecule is CC1(COC(=O)c2ccccc2)CCNCC1. The summed E-state index contributed by atoms with van der Waals surface area (Å²) in [5, 5.41) is 3.32. The van der Waals surface area contributed by atoms with Crippen molar-refractivity contribution in [1.82, 2.24) is 5.32 Å². The molecule has 0 radical (unpaired) electrons. The van der Waals surface area contributed by atoms with Gasteiger partial charge in [-0.25, -0.2) is 4.79 Å². The van der Waals surface area contributed by atoms with Gasteiger partial charge in [0.15, 0.2) is 0 Å². The minimum atomic E-state index is -0.217. The Balaban J connectivity index is 1.87. The summed E-state index contributed by atoms with van der Waals surface area (Å²) in [5.41, 5.74) is 0.764. The van der Waals surface area contributed by atoms with Crippen LogP contribution in [0.25, 0.3) is 0 Å². The molecule has 0 spiro atoms. The van der Waals surface area contributed by atoms with Gasteiger partial charge in [0.2, 0.25) is 0 Å². The summed E-state index contributed by atoms with van der Waals surface area (Å²) in [4.78, 5) is 11.8. The Hall–Kier alpha value is -1.35. The molecule has 92 valence electrons. The average molecular weight is 233 g/mol. The lowest BCUT2D eigenvalue weighted by Crippen LogP contribution is -2.38. The number of hydrogen-bond donors (Lipinski definition) is 1. The van der Waals surface area contributed by atoms with Crippen LogP contribution in [0.2, 0.25) is 0 Å². The summed E-state index contributed by atoms with van der Waals surface area (Å²) in [6.45, 7) is 4.73. The third kappa shape index (κ3) is 3.30. The van der Waals surface area contributed by atoms with Gasteiger partial charge in [-0.3, -0.25) is 0 Å². The van der Waals surface area contributed by atoms with E-state index in [1.807, 2.05) is 18.2 Å². The first-order chi connectivity index (χ1) is 8.20. The second-order valence-electron chi connectivity index (χ2n) is 5.00. The summed E-state index contributed by atoms with van der Waals surface area (Å²) < 4.78 is 5.40. The number of esters is 1. The monoisotopic (exact) mass is 233 g/mol. The molecule has 2 rings (SSSR count). The van der Waals surface area contributed by atoms with Crippen molar-refractivity contribution in [2.75, 3.05) is 19.7 Å². The van der Waals surface area contributed by atoms with Gasteiger partial charge in [-0.15, -0.1) is 0 Å². The Labute approximate surface area is 102 Å². The first-order valence-corrected chi connectivity index (χ1v) is 6.13. The van der Waals surface area contributed by atoms with E-state index in [0.29, 0.717) is 12.2 Å². The van der Waals surface area contributed by atoms with Crippen molar-refractivity contribution in [3.63, 3.8) is 0 Å². The number of carbonyl (C=O) groups is 1. The molecule has 1 aliphatic heterocycles. The van der Waals surface area contributed by atoms with Crippen LogP contribution in [0.3, 0.4) is 0 Å². The Morgan fingerprint density at radius 3 is 2.59 bits per heavy atom. The first kappa shape index (κ1) is 12.1. The number of nitrogens with one attached hydrogen (secondary N) is 1. The molecule has 0 atom stereocenters. The Bertz CT molecular complexity index is 369. The molecule has 0 amide bonds. The molecule has 1 heterocycles. The lowest BCUT2D eigenvalue weighted by atomic mass is 9.82. The van der Waals surface area contributed by atoms with Crippen LogP contribution in [0.15, 0.2) is 30.3 Å². The highest BCUT2D eigenvalue weighted by Gasteiger charge is 2.28. The quantitative estimate of drug-likeness (QED) is 0.814. The van der Waals surface area contributed by atoms with E-state index in [1.165, 1.54) is 0 Å². The van der Waals surface area contributed by atoms with Crippen LogP contribution in [0.1, 0.15) is 30.1 Å². The van der Waals surface area contributed by atoms with Crippen molar-refractivity contribution in [2.45, 2.75) is 19.8 Å². The molecule has 1 fully saturated rings. The van der Waals surface area contributed by atoms with Crippen LogP contribution < -0.4 is 5.32 Å². The molecule has 0 unspecified atom stereocenters. The fourth-order valence-electron chi connectivity index (χ4n) is 2.07. The van der Waals surface area contributed by atoms with Crippen molar-refractivity contribution >= 4 is 5.97 Å². The lowest BCUT2D eigenvalue weighted by molar-refractivity contribution is 0.0246. The highest BCUT2D eigenvalue weighted by molar-refractivity contribution is 5.89. The van der Waals surface area contributed by atoms with Gasteiger partial charge in [0.1, 0.15) is 0 Å². The Kier molecular flexibility index (Phi) is 3.79. The standard InChI is InChI=1S/C14H19NO2/c1-14(7-9-15-10-8-14)11-17-13(16)12-5-3-2-4-6-12/h2-6,15H,7-11H2,1H3. The average Bonchev–Trinajstić information content (AvgIpc) is 2.38. The number of rotatable bonds is 3. The van der Waals surface area contributed by atoms with Gasteiger partial charge in [0.05, 0.1) is 12.2 Å². The second kappa shape index (κ2) is 5.32. The van der Waals surface area contributed by atoms with E-state index in [4.69, 9.17) is 4.74 Å². The van der Waals surface area contributed by atoms with Gasteiger partial charge in [0.25, 0.3) is 0 Å². The molecule has 1 aromatic carbocycles. The van der Waals surface area contributed by atoms with E-state index >= 15 is 0 Å². The molecule has 3 nitrogen and oxygen atoms in total. The van der Waals surface area contributed by atoms with Gasteiger partial charge in [-0.2, -0.15) is 0 Å². The topological polar surface area (TPSA) is 38.3 Å². The van der Waals surface area contributed by atoms with Crippen molar-refractivity contribution in [2.24, 2.45) is 5.41 Å². The van der Waals surface area contributed by atoms with E-state index < -0.39 is 0 Å². The van der Waals surface area contributed by atoms with Gasteiger partial charge >= 0.3 is 5.97 Å². The van der Waals surface area contributed by atoms with Crippen LogP contribution in [0.5, 0.6) is 0 Å². The fraction of sp³-hybridized carbons (Fsp3) is 0.500. The van der Waals surface area contributed by atoms with Crippen molar-refractivity contribution in [3.8, 4) is 0 Å². The van der Waals surface area contributed by atoms with Crippen LogP contribution in [-0.2, 0) is 4.74 Å². The number of piperidine rings is 1. The third-order valence-electron chi connectivity index (χ3n) is 3.37. The maximum absolute atomic E-state index is 11.8. The molecule has 1 aliphatic rings. The maximum atomic E-state index is 11.8. The highest BCUT2D eigenvalue weighted by atomic mass is 16.5. The Morgan fingerprint density at radius 2 is 1.94 bits per heavy atom. The number of carbonyl (C=O) groups excluding carboxylic acids is 1. The molecule has 1 aromatic rings. The number of ether oxygens (including phenoxy) is 1. The van der Waals surface area contributed by atoms with E-state index in [2.05, 4.69) is 12.2 Å². The predicted octanol–water partition coefficient (Wildman–Crippen LogP) is 2.23. The minimum absolute atomic E-state index is 0.135. The number of benzene rings is 1. The number of hydrogen-bond acceptors (Lipinski definition) is 3. The summed E-state index contributed by atoms with van der Waals surface area (Å²) in [7, 11) is 0. The van der Waals surface area contributed by atoms with E-state index in [0.717, 1.165) is 25.9 Å². The summed E-state index contributed by atoms with van der Waals surface area (Å²) >= 11 is 0. The first-order valence-electron chi connectivity index (χ1n) is 6.13. The van der Waals surface area contributed by atoms with E-state index in [9.17, 15) is 4.79 Å². The third-order valence-corrected chi connectivity index (χ3v) is 3.37. The van der Waals surface area contributed by atoms with Crippen LogP contribution in [-0.4, -0.2) is 25.7 Å². The maximum Gasteiger partial charge on any atom is 0.338 e. The molecule has 17 heavy (non-hydrogen) atoms. The zero-order valence-corrected chi connectivity index (χ0v) is 10.2. The summed E-state index contributed by atoms with van der Waals surface area (Å²) in [6.07, 6.45) is 2.13. The largest absolute Gasteiger partial charge is 0.462 e. The Morgan fingerprint density at radius 1 is 1.29 bits per heavy atom. The van der Waals surface area contributed by atoms with Crippen LogP contribution in [0, 0.1) is 5.41 Å². The van der Waals surface area contributed by atoms with Crippen molar-refractivity contribution in [3.05, 3.63) is 35.9 Å². The molecule has 0 bridgehead atoms. The lowest BCUT2D eigenvalue weighted by Gasteiger charge is -2.33. The molecule has 3 heteroatoms. The smallest absolute Gasteiger partial charge is 0.338 e. The zero-order chi connectivity index (χ0) is 12.1. The minimum Gasteiger partial charge on any atom is -0.462 e. The second-order valence-corrected chi connectivity index (χ2v) is 5.00. The highest BCUT2D eigenvalue weighted by Crippen LogP contribution is 2.28. The molecular weight excluding hydrogens is 214 g/mol. The van der Waals surface area contributed by atoms with Gasteiger partial charge in [-0.05, 0) is 38.1 Å². The molecule has 1 saturated heterocycles. The molecule has 0 aliphatic carbocycles. The summed E-state index contributed by atoms with van der Waals surface area (Å²) in [5.74, 6) is -0.217. The van der Waals surface area contributed by atoms with Gasteiger partial charge in [-0.1, -0.05) is 25.1 Å². The zero-order valence-electron chi connectivity index (χ0n) is 10.2. The van der Waals surface area contributed by atoms with Crippen molar-refractivity contribution in [1.29, 1.82) is 0 Å². The predicted molar refractivity (Wildman–Crippen MR) is 66.9 cm³/mol. The van der Waals surface area contributed by atoms with Gasteiger partial charge < -0.3 is 10.1 Å². The normalized spacial score (nSPS) is 18.6. The van der Waals surface area contributed by atoms with E-state index in [1.54, 1.807) is 12.1 Å².